The number of tetrazole rings is 1. The third kappa shape index (κ3) is 3.06. The van der Waals surface area contributed by atoms with Crippen molar-refractivity contribution in [3.8, 4) is 0 Å². The maximum absolute atomic E-state index is 4.39. The molecule has 7 heteroatoms. The zero-order chi connectivity index (χ0) is 15.7. The second kappa shape index (κ2) is 6.06. The number of rotatable bonds is 3. The summed E-state index contributed by atoms with van der Waals surface area (Å²) in [4.78, 5) is 6.18. The van der Waals surface area contributed by atoms with E-state index in [1.54, 1.807) is 11.3 Å². The van der Waals surface area contributed by atoms with E-state index in [0.29, 0.717) is 0 Å². The summed E-state index contributed by atoms with van der Waals surface area (Å²) in [5, 5.41) is 14.7. The predicted octanol–water partition coefficient (Wildman–Crippen LogP) is 1.83. The van der Waals surface area contributed by atoms with Crippen molar-refractivity contribution in [3.63, 3.8) is 0 Å². The molecule has 0 aliphatic carbocycles. The van der Waals surface area contributed by atoms with Gasteiger partial charge in [0, 0.05) is 31.1 Å². The molecular formula is C15H24N6S. The molecule has 0 unspecified atom stereocenters. The van der Waals surface area contributed by atoms with E-state index in [-0.39, 0.29) is 11.6 Å². The molecule has 2 aromatic rings. The summed E-state index contributed by atoms with van der Waals surface area (Å²) in [5.41, 5.74) is -0.124. The van der Waals surface area contributed by atoms with E-state index in [9.17, 15) is 0 Å². The molecule has 1 aliphatic rings. The Balaban J connectivity index is 1.98. The summed E-state index contributed by atoms with van der Waals surface area (Å²) in [6, 6.07) is 4.44. The fourth-order valence-electron chi connectivity index (χ4n) is 2.84. The van der Waals surface area contributed by atoms with Crippen LogP contribution >= 0.6 is 11.3 Å². The van der Waals surface area contributed by atoms with Crippen molar-refractivity contribution in [1.29, 1.82) is 0 Å². The lowest BCUT2D eigenvalue weighted by atomic mass is 10.1. The lowest BCUT2D eigenvalue weighted by Crippen LogP contribution is -2.47. The number of hydrogen-bond acceptors (Lipinski definition) is 6. The lowest BCUT2D eigenvalue weighted by Gasteiger charge is -2.37. The van der Waals surface area contributed by atoms with Gasteiger partial charge in [0.15, 0.2) is 5.82 Å². The Hall–Kier alpha value is -1.31. The standard InChI is InChI=1S/C15H24N6S/c1-15(2,3)21-14(16-17-18-21)13(12-6-5-11-22-12)20-9-7-19(4)8-10-20/h5-6,11,13H,7-10H2,1-4H3/t13-/m0/s1. The first kappa shape index (κ1) is 15.6. The zero-order valence-corrected chi connectivity index (χ0v) is 14.5. The smallest absolute Gasteiger partial charge is 0.174 e. The zero-order valence-electron chi connectivity index (χ0n) is 13.7. The van der Waals surface area contributed by atoms with Gasteiger partial charge >= 0.3 is 0 Å². The molecule has 0 amide bonds. The highest BCUT2D eigenvalue weighted by Gasteiger charge is 2.33. The minimum absolute atomic E-state index is 0.124. The lowest BCUT2D eigenvalue weighted by molar-refractivity contribution is 0.120. The number of hydrogen-bond donors (Lipinski definition) is 0. The number of piperazine rings is 1. The largest absolute Gasteiger partial charge is 0.304 e. The molecule has 120 valence electrons. The molecule has 0 N–H and O–H groups in total. The minimum Gasteiger partial charge on any atom is -0.304 e. The second-order valence-electron chi connectivity index (χ2n) is 6.88. The first-order valence-corrected chi connectivity index (χ1v) is 8.59. The predicted molar refractivity (Wildman–Crippen MR) is 88.0 cm³/mol. The molecule has 0 aromatic carbocycles. The van der Waals surface area contributed by atoms with E-state index in [1.165, 1.54) is 4.88 Å². The van der Waals surface area contributed by atoms with Crippen LogP contribution in [0.2, 0.25) is 0 Å². The van der Waals surface area contributed by atoms with E-state index in [0.717, 1.165) is 32.0 Å². The fraction of sp³-hybridized carbons (Fsp3) is 0.667. The van der Waals surface area contributed by atoms with Crippen LogP contribution in [0, 0.1) is 0 Å². The van der Waals surface area contributed by atoms with Crippen LogP contribution in [0.5, 0.6) is 0 Å². The van der Waals surface area contributed by atoms with Gasteiger partial charge in [0.25, 0.3) is 0 Å². The van der Waals surface area contributed by atoms with Crippen LogP contribution in [0.15, 0.2) is 17.5 Å². The molecule has 1 aliphatic heterocycles. The highest BCUT2D eigenvalue weighted by atomic mass is 32.1. The summed E-state index contributed by atoms with van der Waals surface area (Å²) >= 11 is 1.78. The Morgan fingerprint density at radius 2 is 1.91 bits per heavy atom. The molecule has 22 heavy (non-hydrogen) atoms. The Morgan fingerprint density at radius 1 is 1.18 bits per heavy atom. The first-order chi connectivity index (χ1) is 10.5. The Kier molecular flexibility index (Phi) is 4.29. The Labute approximate surface area is 135 Å². The van der Waals surface area contributed by atoms with Crippen LogP contribution in [0.1, 0.15) is 37.5 Å². The third-order valence-corrected chi connectivity index (χ3v) is 5.01. The molecule has 1 fully saturated rings. The van der Waals surface area contributed by atoms with E-state index >= 15 is 0 Å². The highest BCUT2D eigenvalue weighted by Crippen LogP contribution is 2.32. The van der Waals surface area contributed by atoms with Crippen molar-refractivity contribution in [2.45, 2.75) is 32.4 Å². The second-order valence-corrected chi connectivity index (χ2v) is 7.86. The van der Waals surface area contributed by atoms with Gasteiger partial charge in [-0.15, -0.1) is 16.4 Å². The van der Waals surface area contributed by atoms with Crippen LogP contribution in [-0.4, -0.2) is 63.2 Å². The van der Waals surface area contributed by atoms with Gasteiger partial charge in [-0.05, 0) is 49.7 Å². The highest BCUT2D eigenvalue weighted by molar-refractivity contribution is 7.10. The van der Waals surface area contributed by atoms with Crippen molar-refractivity contribution in [2.75, 3.05) is 33.2 Å². The van der Waals surface area contributed by atoms with Crippen molar-refractivity contribution in [1.82, 2.24) is 30.0 Å². The quantitative estimate of drug-likeness (QED) is 0.863. The SMILES string of the molecule is CN1CCN([C@@H](c2cccs2)c2nnnn2C(C)(C)C)CC1. The Bertz CT molecular complexity index is 592. The van der Waals surface area contributed by atoms with Gasteiger partial charge in [0.2, 0.25) is 0 Å². The van der Waals surface area contributed by atoms with Gasteiger partial charge in [-0.3, -0.25) is 4.90 Å². The Morgan fingerprint density at radius 3 is 2.50 bits per heavy atom. The van der Waals surface area contributed by atoms with Crippen LogP contribution in [-0.2, 0) is 5.54 Å². The number of thiophene rings is 1. The van der Waals surface area contributed by atoms with Crippen molar-refractivity contribution in [2.24, 2.45) is 0 Å². The van der Waals surface area contributed by atoms with E-state index < -0.39 is 0 Å². The number of aromatic nitrogens is 4. The maximum Gasteiger partial charge on any atom is 0.174 e. The average Bonchev–Trinajstić information content (AvgIpc) is 3.12. The van der Waals surface area contributed by atoms with Gasteiger partial charge in [-0.25, -0.2) is 4.68 Å². The average molecular weight is 320 g/mol. The summed E-state index contributed by atoms with van der Waals surface area (Å²) in [6.07, 6.45) is 0. The first-order valence-electron chi connectivity index (χ1n) is 7.71. The van der Waals surface area contributed by atoms with Gasteiger partial charge in [-0.1, -0.05) is 6.07 Å². The molecule has 0 spiro atoms. The third-order valence-electron chi connectivity index (χ3n) is 4.09. The van der Waals surface area contributed by atoms with Gasteiger partial charge in [0.05, 0.1) is 5.54 Å². The van der Waals surface area contributed by atoms with E-state index in [2.05, 4.69) is 70.7 Å². The molecule has 1 saturated heterocycles. The molecule has 6 nitrogen and oxygen atoms in total. The van der Waals surface area contributed by atoms with Crippen molar-refractivity contribution < 1.29 is 0 Å². The molecule has 2 aromatic heterocycles. The normalized spacial score (nSPS) is 19.5. The molecule has 0 radical (unpaired) electrons. The molecule has 3 heterocycles. The van der Waals surface area contributed by atoms with Crippen LogP contribution < -0.4 is 0 Å². The van der Waals surface area contributed by atoms with E-state index in [4.69, 9.17) is 0 Å². The maximum atomic E-state index is 4.39. The fourth-order valence-corrected chi connectivity index (χ4v) is 3.69. The van der Waals surface area contributed by atoms with Crippen LogP contribution in [0.3, 0.4) is 0 Å². The topological polar surface area (TPSA) is 50.1 Å². The molecule has 1 atom stereocenters. The van der Waals surface area contributed by atoms with Gasteiger partial charge in [0.1, 0.15) is 6.04 Å². The monoisotopic (exact) mass is 320 g/mol. The summed E-state index contributed by atoms with van der Waals surface area (Å²) in [6.45, 7) is 10.7. The molecule has 0 bridgehead atoms. The summed E-state index contributed by atoms with van der Waals surface area (Å²) < 4.78 is 1.97. The minimum atomic E-state index is -0.124. The van der Waals surface area contributed by atoms with E-state index in [1.807, 2.05) is 4.68 Å². The molecule has 0 saturated carbocycles. The summed E-state index contributed by atoms with van der Waals surface area (Å²) in [7, 11) is 2.18. The number of nitrogens with zero attached hydrogens (tertiary/aromatic N) is 6. The van der Waals surface area contributed by atoms with Crippen LogP contribution in [0.4, 0.5) is 0 Å². The van der Waals surface area contributed by atoms with Crippen LogP contribution in [0.25, 0.3) is 0 Å². The molecule has 3 rings (SSSR count). The number of likely N-dealkylation sites (N-methyl/N-ethyl adjacent to an activating group) is 1. The van der Waals surface area contributed by atoms with Gasteiger partial charge in [-0.2, -0.15) is 0 Å². The van der Waals surface area contributed by atoms with Crippen molar-refractivity contribution in [3.05, 3.63) is 28.2 Å². The molecular weight excluding hydrogens is 296 g/mol. The van der Waals surface area contributed by atoms with Crippen molar-refractivity contribution >= 4 is 11.3 Å². The summed E-state index contributed by atoms with van der Waals surface area (Å²) in [5.74, 6) is 0.944. The van der Waals surface area contributed by atoms with Gasteiger partial charge < -0.3 is 4.90 Å².